The molecule has 0 aliphatic carbocycles. The molecule has 0 radical (unpaired) electrons. The quantitative estimate of drug-likeness (QED) is 0.0989. The van der Waals surface area contributed by atoms with Crippen LogP contribution in [-0.2, 0) is 32.2 Å². The summed E-state index contributed by atoms with van der Waals surface area (Å²) in [6.07, 6.45) is -14.9. The fourth-order valence-electron chi connectivity index (χ4n) is 2.94. The van der Waals surface area contributed by atoms with Crippen molar-refractivity contribution in [3.8, 4) is 0 Å². The molecule has 1 unspecified atom stereocenters. The van der Waals surface area contributed by atoms with E-state index in [1.165, 1.54) is 0 Å². The van der Waals surface area contributed by atoms with Crippen molar-refractivity contribution in [2.75, 3.05) is 19.8 Å². The minimum absolute atomic E-state index is 0. The van der Waals surface area contributed by atoms with Crippen molar-refractivity contribution in [2.24, 2.45) is 0 Å². The second kappa shape index (κ2) is 11.7. The fraction of sp³-hybridized carbons (Fsp3) is 1.00. The molecule has 0 spiro atoms. The van der Waals surface area contributed by atoms with Crippen LogP contribution in [0.2, 0.25) is 0 Å². The van der Waals surface area contributed by atoms with E-state index in [4.69, 9.17) is 29.1 Å². The summed E-state index contributed by atoms with van der Waals surface area (Å²) in [5.74, 6) is -2.44. The third-order valence-electron chi connectivity index (χ3n) is 4.50. The molecule has 17 nitrogen and oxygen atoms in total. The van der Waals surface area contributed by atoms with Crippen molar-refractivity contribution in [3.63, 3.8) is 0 Å². The zero-order chi connectivity index (χ0) is 23.8. The average Bonchev–Trinajstić information content (AvgIpc) is 2.90. The molecular formula is C12H25NaO17P2. The van der Waals surface area contributed by atoms with Crippen LogP contribution in [-0.4, -0.2) is 155 Å². The van der Waals surface area contributed by atoms with Gasteiger partial charge in [0.25, 0.3) is 0 Å². The van der Waals surface area contributed by atoms with E-state index in [1.54, 1.807) is 0 Å². The zero-order valence-corrected chi connectivity index (χ0v) is 17.3. The van der Waals surface area contributed by atoms with Crippen LogP contribution in [0.1, 0.15) is 0 Å². The Labute approximate surface area is 202 Å². The number of phosphoric acid groups is 2. The van der Waals surface area contributed by atoms with Gasteiger partial charge in [-0.15, -0.1) is 0 Å². The van der Waals surface area contributed by atoms with E-state index in [1.807, 2.05) is 0 Å². The minimum atomic E-state index is -5.43. The summed E-state index contributed by atoms with van der Waals surface area (Å²) < 4.78 is 45.5. The van der Waals surface area contributed by atoms with Gasteiger partial charge < -0.3 is 64.6 Å². The molecule has 20 heteroatoms. The van der Waals surface area contributed by atoms with Gasteiger partial charge in [-0.25, -0.2) is 9.13 Å². The van der Waals surface area contributed by atoms with E-state index >= 15 is 0 Å². The van der Waals surface area contributed by atoms with Gasteiger partial charge in [0.05, 0.1) is 13.2 Å². The van der Waals surface area contributed by atoms with Crippen LogP contribution in [0, 0.1) is 0 Å². The maximum absolute atomic E-state index is 11.5. The molecular weight excluding hydrogens is 501 g/mol. The summed E-state index contributed by atoms with van der Waals surface area (Å²) in [6.45, 7) is -3.04. The van der Waals surface area contributed by atoms with Gasteiger partial charge in [0.1, 0.15) is 49.3 Å². The van der Waals surface area contributed by atoms with Crippen LogP contribution in [0.3, 0.4) is 0 Å². The van der Waals surface area contributed by atoms with Crippen LogP contribution < -0.4 is 0 Å². The van der Waals surface area contributed by atoms with Crippen molar-refractivity contribution in [1.82, 2.24) is 0 Å². The number of hydrogen-bond donors (Lipinski definition) is 10. The Morgan fingerprint density at radius 2 is 1.47 bits per heavy atom. The Morgan fingerprint density at radius 1 is 0.875 bits per heavy atom. The summed E-state index contributed by atoms with van der Waals surface area (Å²) in [6, 6.07) is 0. The monoisotopic (exact) mass is 526 g/mol. The van der Waals surface area contributed by atoms with Gasteiger partial charge in [-0.1, -0.05) is 0 Å². The number of aliphatic hydroxyl groups is 7. The van der Waals surface area contributed by atoms with Gasteiger partial charge in [-0.3, -0.25) is 4.52 Å². The number of hydrogen-bond acceptors (Lipinski definition) is 14. The topological polar surface area (TPSA) is 283 Å². The van der Waals surface area contributed by atoms with Crippen molar-refractivity contribution in [3.05, 3.63) is 0 Å². The normalized spacial score (nSPS) is 42.3. The van der Waals surface area contributed by atoms with Crippen LogP contribution in [0.15, 0.2) is 0 Å². The van der Waals surface area contributed by atoms with Crippen molar-refractivity contribution in [1.29, 1.82) is 0 Å². The Bertz CT molecular complexity index is 707. The van der Waals surface area contributed by atoms with Gasteiger partial charge >= 0.3 is 45.2 Å². The first-order valence-electron chi connectivity index (χ1n) is 8.53. The molecule has 2 fully saturated rings. The Balaban J connectivity index is 0.00000512. The van der Waals surface area contributed by atoms with Crippen LogP contribution in [0.4, 0.5) is 0 Å². The molecule has 2 rings (SSSR count). The summed E-state index contributed by atoms with van der Waals surface area (Å²) in [5, 5.41) is 68.8. The molecule has 0 amide bonds. The van der Waals surface area contributed by atoms with Gasteiger partial charge in [0.15, 0.2) is 6.29 Å². The van der Waals surface area contributed by atoms with Gasteiger partial charge in [0.2, 0.25) is 5.79 Å². The van der Waals surface area contributed by atoms with E-state index in [2.05, 4.69) is 8.83 Å². The van der Waals surface area contributed by atoms with Gasteiger partial charge in [-0.2, -0.15) is 4.31 Å². The SMILES string of the molecule is O=P(O)(O)OP(=O)(O)OC[C@H]1O[C@H](O[C@]2(CO)O[C@H](CO)[C@@H](O)[C@@H]2O)[C@H](O)[C@@H](O)[C@@H]1O.[NaH]. The predicted octanol–water partition coefficient (Wildman–Crippen LogP) is -5.81. The third-order valence-corrected chi connectivity index (χ3v) is 6.65. The molecule has 2 aliphatic rings. The molecule has 10 atom stereocenters. The maximum atomic E-state index is 11.5. The second-order valence-corrected chi connectivity index (χ2v) is 9.54. The number of ether oxygens (including phenoxy) is 3. The van der Waals surface area contributed by atoms with E-state index in [-0.39, 0.29) is 29.6 Å². The first-order chi connectivity index (χ1) is 14.2. The molecule has 2 heterocycles. The van der Waals surface area contributed by atoms with Gasteiger partial charge in [0, 0.05) is 0 Å². The number of phosphoric ester groups is 1. The molecule has 0 aromatic heterocycles. The number of rotatable bonds is 9. The van der Waals surface area contributed by atoms with E-state index < -0.39 is 90.3 Å². The molecule has 10 N–H and O–H groups in total. The summed E-state index contributed by atoms with van der Waals surface area (Å²) in [7, 11) is -10.8. The molecule has 186 valence electrons. The number of aliphatic hydroxyl groups excluding tert-OH is 7. The standard InChI is InChI=1S/C12H24O17P2.Na.H/c13-1-4-7(16)10(19)12(3-14,27-4)28-11-9(18)8(17)6(15)5(26-11)2-25-31(23,24)29-30(20,21)22;;/h4-11,13-19H,1-3H2,(H,23,24)(H2,20,21,22);;/t4-,5-,6-,7-,8+,9-,10+,11-,12+;;/m1../s1. The van der Waals surface area contributed by atoms with Gasteiger partial charge in [-0.05, 0) is 0 Å². The summed E-state index contributed by atoms with van der Waals surface area (Å²) in [5.41, 5.74) is 0. The molecule has 32 heavy (non-hydrogen) atoms. The molecule has 0 saturated carbocycles. The molecule has 2 aliphatic heterocycles. The van der Waals surface area contributed by atoms with E-state index in [0.717, 1.165) is 0 Å². The van der Waals surface area contributed by atoms with Crippen LogP contribution in [0.5, 0.6) is 0 Å². The molecule has 2 saturated heterocycles. The summed E-state index contributed by atoms with van der Waals surface area (Å²) in [4.78, 5) is 26.4. The fourth-order valence-corrected chi connectivity index (χ4v) is 4.54. The first-order valence-corrected chi connectivity index (χ1v) is 11.6. The molecule has 0 bridgehead atoms. The van der Waals surface area contributed by atoms with Crippen LogP contribution in [0.25, 0.3) is 0 Å². The average molecular weight is 526 g/mol. The Morgan fingerprint density at radius 3 is 1.94 bits per heavy atom. The van der Waals surface area contributed by atoms with Crippen molar-refractivity contribution < 1.29 is 82.6 Å². The Hall–Kier alpha value is 0.860. The third kappa shape index (κ3) is 7.19. The Kier molecular flexibility index (Phi) is 11.3. The van der Waals surface area contributed by atoms with E-state index in [0.29, 0.717) is 0 Å². The van der Waals surface area contributed by atoms with Crippen molar-refractivity contribution >= 4 is 45.2 Å². The predicted molar refractivity (Wildman–Crippen MR) is 97.6 cm³/mol. The second-order valence-electron chi connectivity index (χ2n) is 6.71. The van der Waals surface area contributed by atoms with Crippen molar-refractivity contribution in [2.45, 2.75) is 54.8 Å². The summed E-state index contributed by atoms with van der Waals surface area (Å²) >= 11 is 0. The molecule has 0 aromatic rings. The van der Waals surface area contributed by atoms with Crippen LogP contribution >= 0.6 is 15.6 Å². The first kappa shape index (κ1) is 30.9. The van der Waals surface area contributed by atoms with E-state index in [9.17, 15) is 44.7 Å². The molecule has 0 aromatic carbocycles. The zero-order valence-electron chi connectivity index (χ0n) is 15.5.